The second-order valence-electron chi connectivity index (χ2n) is 6.57. The summed E-state index contributed by atoms with van der Waals surface area (Å²) < 4.78 is 0. The Morgan fingerprint density at radius 2 is 1.92 bits per heavy atom. The van der Waals surface area contributed by atoms with E-state index in [0.717, 1.165) is 17.5 Å². The van der Waals surface area contributed by atoms with E-state index in [1.54, 1.807) is 11.1 Å². The Morgan fingerprint density at radius 1 is 1.27 bits per heavy atom. The second kappa shape index (κ2) is 8.33. The predicted octanol–water partition coefficient (Wildman–Crippen LogP) is 3.47. The molecule has 1 unspecified atom stereocenters. The van der Waals surface area contributed by atoms with Gasteiger partial charge in [0.2, 0.25) is 5.91 Å². The van der Waals surface area contributed by atoms with E-state index in [-0.39, 0.29) is 18.4 Å². The number of carbonyl (C=O) groups is 1. The number of aromatic nitrogens is 2. The number of hydrogen-bond acceptors (Lipinski definition) is 4. The Bertz CT molecular complexity index is 755. The van der Waals surface area contributed by atoms with Gasteiger partial charge in [0.1, 0.15) is 6.10 Å². The minimum atomic E-state index is -0.855. The average molecular weight is 394 g/mol. The third-order valence-electron chi connectivity index (χ3n) is 4.65. The first-order valence-electron chi connectivity index (χ1n) is 8.69. The Balaban J connectivity index is 1.71. The number of hydrogen-bond donors (Lipinski definition) is 1. The molecule has 1 amide bonds. The summed E-state index contributed by atoms with van der Waals surface area (Å²) in [4.78, 5) is 22.9. The van der Waals surface area contributed by atoms with Crippen LogP contribution < -0.4 is 0 Å². The van der Waals surface area contributed by atoms with Gasteiger partial charge in [-0.3, -0.25) is 14.8 Å². The van der Waals surface area contributed by atoms with E-state index >= 15 is 0 Å². The second-order valence-corrected chi connectivity index (χ2v) is 7.38. The molecule has 1 aromatic carbocycles. The Kier molecular flexibility index (Phi) is 6.12. The molecule has 3 rings (SSSR count). The van der Waals surface area contributed by atoms with Crippen molar-refractivity contribution in [3.63, 3.8) is 0 Å². The van der Waals surface area contributed by atoms with Crippen molar-refractivity contribution < 1.29 is 9.90 Å². The molecule has 2 aromatic rings. The highest BCUT2D eigenvalue weighted by atomic mass is 35.5. The fourth-order valence-corrected chi connectivity index (χ4v) is 3.76. The summed E-state index contributed by atoms with van der Waals surface area (Å²) in [5.74, 6) is -0.113. The van der Waals surface area contributed by atoms with Crippen molar-refractivity contribution in [2.45, 2.75) is 32.3 Å². The first kappa shape index (κ1) is 19.1. The number of amides is 1. The lowest BCUT2D eigenvalue weighted by Crippen LogP contribution is -2.40. The summed E-state index contributed by atoms with van der Waals surface area (Å²) in [7, 11) is 0. The SMILES string of the molecule is CCCN(CC(O)c1cnccn1)C(=O)C1Cc2cc(Cl)c(Cl)cc2C1. The quantitative estimate of drug-likeness (QED) is 0.815. The van der Waals surface area contributed by atoms with Crippen LogP contribution in [0.2, 0.25) is 10.0 Å². The van der Waals surface area contributed by atoms with Gasteiger partial charge in [-0.1, -0.05) is 30.1 Å². The molecule has 0 fully saturated rings. The number of aliphatic hydroxyl groups is 1. The predicted molar refractivity (Wildman–Crippen MR) is 101 cm³/mol. The van der Waals surface area contributed by atoms with Crippen LogP contribution in [0.4, 0.5) is 0 Å². The molecule has 0 spiro atoms. The highest BCUT2D eigenvalue weighted by Crippen LogP contribution is 2.34. The monoisotopic (exact) mass is 393 g/mol. The van der Waals surface area contributed by atoms with E-state index < -0.39 is 6.10 Å². The zero-order chi connectivity index (χ0) is 18.7. The minimum Gasteiger partial charge on any atom is -0.385 e. The van der Waals surface area contributed by atoms with Crippen LogP contribution in [0.1, 0.15) is 36.3 Å². The normalized spacial score (nSPS) is 14.9. The van der Waals surface area contributed by atoms with Crippen molar-refractivity contribution in [3.8, 4) is 0 Å². The van der Waals surface area contributed by atoms with Crippen LogP contribution in [0.25, 0.3) is 0 Å². The molecule has 7 heteroatoms. The zero-order valence-electron chi connectivity index (χ0n) is 14.5. The third kappa shape index (κ3) is 4.17. The van der Waals surface area contributed by atoms with Crippen molar-refractivity contribution in [1.29, 1.82) is 0 Å². The van der Waals surface area contributed by atoms with Crippen LogP contribution in [0.5, 0.6) is 0 Å². The van der Waals surface area contributed by atoms with Gasteiger partial charge in [0, 0.05) is 24.9 Å². The van der Waals surface area contributed by atoms with Crippen LogP contribution in [-0.4, -0.2) is 39.0 Å². The maximum Gasteiger partial charge on any atom is 0.226 e. The molecule has 1 aromatic heterocycles. The van der Waals surface area contributed by atoms with E-state index in [2.05, 4.69) is 9.97 Å². The first-order valence-corrected chi connectivity index (χ1v) is 9.44. The molecule has 1 aliphatic rings. The van der Waals surface area contributed by atoms with Crippen LogP contribution in [-0.2, 0) is 17.6 Å². The van der Waals surface area contributed by atoms with Gasteiger partial charge in [-0.2, -0.15) is 0 Å². The molecular weight excluding hydrogens is 373 g/mol. The molecule has 1 atom stereocenters. The Hall–Kier alpha value is -1.69. The van der Waals surface area contributed by atoms with Crippen molar-refractivity contribution in [2.75, 3.05) is 13.1 Å². The van der Waals surface area contributed by atoms with E-state index in [9.17, 15) is 9.90 Å². The summed E-state index contributed by atoms with van der Waals surface area (Å²) in [6.45, 7) is 2.81. The van der Waals surface area contributed by atoms with Crippen molar-refractivity contribution in [3.05, 3.63) is 57.6 Å². The number of aliphatic hydroxyl groups excluding tert-OH is 1. The van der Waals surface area contributed by atoms with Crippen LogP contribution in [0.15, 0.2) is 30.7 Å². The van der Waals surface area contributed by atoms with Gasteiger partial charge < -0.3 is 10.0 Å². The fourth-order valence-electron chi connectivity index (χ4n) is 3.39. The van der Waals surface area contributed by atoms with Crippen molar-refractivity contribution in [2.24, 2.45) is 5.92 Å². The summed E-state index contributed by atoms with van der Waals surface area (Å²) in [5.41, 5.74) is 2.61. The first-order chi connectivity index (χ1) is 12.5. The third-order valence-corrected chi connectivity index (χ3v) is 5.37. The van der Waals surface area contributed by atoms with E-state index in [4.69, 9.17) is 23.2 Å². The largest absolute Gasteiger partial charge is 0.385 e. The topological polar surface area (TPSA) is 66.3 Å². The fraction of sp³-hybridized carbons (Fsp3) is 0.421. The molecular formula is C19H21Cl2N3O2. The molecule has 138 valence electrons. The molecule has 0 saturated carbocycles. The molecule has 1 N–H and O–H groups in total. The Labute approximate surface area is 163 Å². The van der Waals surface area contributed by atoms with Gasteiger partial charge >= 0.3 is 0 Å². The number of fused-ring (bicyclic) bond motifs is 1. The zero-order valence-corrected chi connectivity index (χ0v) is 16.0. The van der Waals surface area contributed by atoms with Gasteiger partial charge in [0.15, 0.2) is 0 Å². The van der Waals surface area contributed by atoms with Gasteiger partial charge in [-0.15, -0.1) is 0 Å². The molecule has 1 heterocycles. The van der Waals surface area contributed by atoms with Crippen LogP contribution >= 0.6 is 23.2 Å². The maximum atomic E-state index is 13.1. The van der Waals surface area contributed by atoms with Crippen molar-refractivity contribution in [1.82, 2.24) is 14.9 Å². The summed E-state index contributed by atoms with van der Waals surface area (Å²) in [6, 6.07) is 3.70. The number of rotatable bonds is 6. The lowest BCUT2D eigenvalue weighted by Gasteiger charge is -2.27. The van der Waals surface area contributed by atoms with Gasteiger partial charge in [-0.25, -0.2) is 0 Å². The molecule has 26 heavy (non-hydrogen) atoms. The lowest BCUT2D eigenvalue weighted by molar-refractivity contribution is -0.136. The molecule has 1 aliphatic carbocycles. The maximum absolute atomic E-state index is 13.1. The smallest absolute Gasteiger partial charge is 0.226 e. The van der Waals surface area contributed by atoms with Crippen molar-refractivity contribution >= 4 is 29.1 Å². The van der Waals surface area contributed by atoms with Crippen LogP contribution in [0.3, 0.4) is 0 Å². The number of halogens is 2. The molecule has 5 nitrogen and oxygen atoms in total. The summed E-state index contributed by atoms with van der Waals surface area (Å²) >= 11 is 12.2. The van der Waals surface area contributed by atoms with Gasteiger partial charge in [-0.05, 0) is 42.5 Å². The average Bonchev–Trinajstić information content (AvgIpc) is 3.04. The molecule has 0 aliphatic heterocycles. The number of benzene rings is 1. The number of nitrogens with zero attached hydrogens (tertiary/aromatic N) is 3. The number of carbonyl (C=O) groups excluding carboxylic acids is 1. The standard InChI is InChI=1S/C19H21Cl2N3O2/c1-2-5-24(11-18(25)17-10-22-3-4-23-17)19(26)14-6-12-8-15(20)16(21)9-13(12)7-14/h3-4,8-10,14,18,25H,2,5-7,11H2,1H3. The van der Waals surface area contributed by atoms with Crippen LogP contribution in [0, 0.1) is 5.92 Å². The highest BCUT2D eigenvalue weighted by Gasteiger charge is 2.32. The summed E-state index contributed by atoms with van der Waals surface area (Å²) in [5, 5.41) is 11.5. The molecule has 0 saturated heterocycles. The van der Waals surface area contributed by atoms with Gasteiger partial charge in [0.25, 0.3) is 0 Å². The van der Waals surface area contributed by atoms with E-state index in [1.807, 2.05) is 19.1 Å². The minimum absolute atomic E-state index is 0.0400. The molecule has 0 bridgehead atoms. The molecule has 0 radical (unpaired) electrons. The highest BCUT2D eigenvalue weighted by molar-refractivity contribution is 6.42. The Morgan fingerprint density at radius 3 is 2.46 bits per heavy atom. The summed E-state index contributed by atoms with van der Waals surface area (Å²) in [6.07, 6.45) is 5.86. The van der Waals surface area contributed by atoms with E-state index in [0.29, 0.717) is 35.1 Å². The lowest BCUT2D eigenvalue weighted by atomic mass is 10.0. The van der Waals surface area contributed by atoms with Gasteiger partial charge in [0.05, 0.1) is 28.5 Å². The van der Waals surface area contributed by atoms with E-state index in [1.165, 1.54) is 12.4 Å².